The van der Waals surface area contributed by atoms with Crippen molar-refractivity contribution in [2.75, 3.05) is 0 Å². The van der Waals surface area contributed by atoms with Crippen LogP contribution in [0.15, 0.2) is 97.2 Å². The van der Waals surface area contributed by atoms with Gasteiger partial charge in [-0.1, -0.05) is 110 Å². The Labute approximate surface area is 213 Å². The summed E-state index contributed by atoms with van der Waals surface area (Å²) >= 11 is -0.826. The molecule has 0 aliphatic heterocycles. The topological polar surface area (TPSA) is 0 Å². The predicted octanol–water partition coefficient (Wildman–Crippen LogP) is 7.43. The molecule has 32 heavy (non-hydrogen) atoms. The minimum absolute atomic E-state index is 0.826. The summed E-state index contributed by atoms with van der Waals surface area (Å²) in [4.78, 5) is 0. The maximum atomic E-state index is 4.93. The summed E-state index contributed by atoms with van der Waals surface area (Å²) in [6.45, 7) is 5.07. The van der Waals surface area contributed by atoms with Crippen molar-refractivity contribution in [3.05, 3.63) is 156 Å². The van der Waals surface area contributed by atoms with Crippen LogP contribution in [0, 0.1) is 58.4 Å². The molecule has 0 atom stereocenters. The summed E-state index contributed by atoms with van der Waals surface area (Å²) in [5.41, 5.74) is 3.15. The normalized spacial score (nSPS) is 26.9. The Morgan fingerprint density at radius 2 is 0.625 bits per heavy atom. The first-order valence-corrected chi connectivity index (χ1v) is 20.0. The third-order valence-electron chi connectivity index (χ3n) is 6.62. The standard InChI is InChI=1S/C28H22Si.2ClH.Zr/c1-29(2,27-23-15-7-3-11-19(23)20-12-4-8-16-24(20)27)28-25-17-9-5-13-21(25)22-14-6-10-18-26(22)28;;;/h3-18H,1-2H3;2*1H;/q;;;+4/p-2. The van der Waals surface area contributed by atoms with Gasteiger partial charge in [0.25, 0.3) is 0 Å². The number of rotatable bonds is 2. The van der Waals surface area contributed by atoms with Crippen LogP contribution in [0.3, 0.4) is 0 Å². The van der Waals surface area contributed by atoms with Crippen molar-refractivity contribution in [2.45, 2.75) is 13.1 Å². The van der Waals surface area contributed by atoms with E-state index in [0.717, 1.165) is 0 Å². The summed E-state index contributed by atoms with van der Waals surface area (Å²) in [5.74, 6) is 11.3. The van der Waals surface area contributed by atoms with Crippen molar-refractivity contribution in [1.82, 2.24) is 0 Å². The molecule has 0 aromatic heterocycles. The van der Waals surface area contributed by atoms with E-state index in [9.17, 15) is 0 Å². The summed E-state index contributed by atoms with van der Waals surface area (Å²) in [7, 11) is 7.86. The minimum atomic E-state index is -2.01. The van der Waals surface area contributed by atoms with Crippen LogP contribution in [0.4, 0.5) is 0 Å². The van der Waals surface area contributed by atoms with Gasteiger partial charge >= 0.3 is 37.9 Å². The summed E-state index contributed by atoms with van der Waals surface area (Å²) in [6, 6.07) is 0. The Bertz CT molecular complexity index is 810. The van der Waals surface area contributed by atoms with Crippen LogP contribution in [-0.4, -0.2) is 8.07 Å². The van der Waals surface area contributed by atoms with Crippen molar-refractivity contribution in [3.63, 3.8) is 0 Å². The molecule has 2 saturated carbocycles. The van der Waals surface area contributed by atoms with Crippen LogP contribution < -0.4 is 0 Å². The van der Waals surface area contributed by atoms with E-state index in [0.29, 0.717) is 0 Å². The third-order valence-corrected chi connectivity index (χ3v) is 10.2. The van der Waals surface area contributed by atoms with E-state index in [-0.39, 0.29) is 0 Å². The van der Waals surface area contributed by atoms with E-state index in [1.165, 1.54) is 47.3 Å². The van der Waals surface area contributed by atoms with Crippen LogP contribution in [0.2, 0.25) is 13.1 Å². The number of halogens is 2. The van der Waals surface area contributed by atoms with Crippen molar-refractivity contribution in [1.29, 1.82) is 0 Å². The molecule has 0 nitrogen and oxygen atoms in total. The first kappa shape index (κ1) is 23.3. The average Bonchev–Trinajstić information content (AvgIpc) is 3.34. The van der Waals surface area contributed by atoms with E-state index in [1.807, 2.05) is 0 Å². The van der Waals surface area contributed by atoms with Crippen LogP contribution >= 0.6 is 17.0 Å². The molecule has 4 heteroatoms. The van der Waals surface area contributed by atoms with Crippen molar-refractivity contribution < 1.29 is 20.8 Å². The molecule has 6 aliphatic rings. The van der Waals surface area contributed by atoms with Gasteiger partial charge in [0.05, 0.1) is 8.07 Å². The fourth-order valence-corrected chi connectivity index (χ4v) is 9.32. The summed E-state index contributed by atoms with van der Waals surface area (Å²) in [5, 5.41) is 0. The molecule has 0 unspecified atom stereocenters. The average molecular weight is 549 g/mol. The fraction of sp³-hybridized carbons (Fsp3) is 0.0714. The molecular formula is C28H22Cl2SiZr+2. The molecule has 0 aromatic rings. The number of hydrogen-bond acceptors (Lipinski definition) is 0. The Balaban J connectivity index is 0.000000684. The van der Waals surface area contributed by atoms with Gasteiger partial charge in [-0.25, -0.2) is 0 Å². The second-order valence-electron chi connectivity index (χ2n) is 8.63. The molecule has 0 saturated heterocycles. The van der Waals surface area contributed by atoms with E-state index >= 15 is 0 Å². The molecule has 10 radical (unpaired) electrons. The second-order valence-corrected chi connectivity index (χ2v) is 16.6. The van der Waals surface area contributed by atoms with E-state index in [4.69, 9.17) is 17.0 Å². The van der Waals surface area contributed by atoms with Gasteiger partial charge in [0.2, 0.25) is 0 Å². The molecule has 0 heterocycles. The quantitative estimate of drug-likeness (QED) is 0.315. The van der Waals surface area contributed by atoms with Crippen LogP contribution in [0.5, 0.6) is 0 Å². The zero-order chi connectivity index (χ0) is 22.3. The monoisotopic (exact) mass is 546 g/mol. The molecular weight excluding hydrogens is 527 g/mol. The fourth-order valence-electron chi connectivity index (χ4n) is 5.51. The Morgan fingerprint density at radius 3 is 0.844 bits per heavy atom. The van der Waals surface area contributed by atoms with E-state index in [2.05, 4.69) is 110 Å². The summed E-state index contributed by atoms with van der Waals surface area (Å²) < 4.78 is 0. The number of fused-ring (bicyclic) bond motifs is 6. The molecule has 6 aliphatic carbocycles. The van der Waals surface area contributed by atoms with Gasteiger partial charge in [-0.2, -0.15) is 0 Å². The molecule has 2 fully saturated rings. The molecule has 0 bridgehead atoms. The van der Waals surface area contributed by atoms with Crippen molar-refractivity contribution in [2.24, 2.45) is 0 Å². The zero-order valence-corrected chi connectivity index (χ0v) is 23.0. The first-order valence-electron chi connectivity index (χ1n) is 10.7. The molecule has 154 valence electrons. The molecule has 0 amide bonds. The SMILES string of the molecule is C[Si](C)([C]1[C]2C=CC=C[C]2[C]2C=CC=C[C]21)[C]1[C]2C=CC=C[C]2[C]2C=CC=C[C]21.[Cl][Zr+2][Cl]. The summed E-state index contributed by atoms with van der Waals surface area (Å²) in [6.07, 6.45) is 35.9. The van der Waals surface area contributed by atoms with Gasteiger partial charge < -0.3 is 0 Å². The first-order chi connectivity index (χ1) is 15.6. The second kappa shape index (κ2) is 9.69. The third kappa shape index (κ3) is 3.82. The van der Waals surface area contributed by atoms with E-state index < -0.39 is 28.9 Å². The zero-order valence-electron chi connectivity index (χ0n) is 18.0. The Kier molecular flexibility index (Phi) is 7.07. The van der Waals surface area contributed by atoms with Crippen LogP contribution in [-0.2, 0) is 20.8 Å². The van der Waals surface area contributed by atoms with Gasteiger partial charge in [0.15, 0.2) is 0 Å². The molecule has 0 spiro atoms. The molecule has 0 aromatic carbocycles. The Morgan fingerprint density at radius 1 is 0.438 bits per heavy atom. The predicted molar refractivity (Wildman–Crippen MR) is 135 cm³/mol. The van der Waals surface area contributed by atoms with Gasteiger partial charge in [-0.05, 0) is 11.1 Å². The van der Waals surface area contributed by atoms with E-state index in [1.54, 1.807) is 11.1 Å². The van der Waals surface area contributed by atoms with Gasteiger partial charge in [0.1, 0.15) is 0 Å². The molecule has 6 rings (SSSR count). The van der Waals surface area contributed by atoms with Gasteiger partial charge in [-0.3, -0.25) is 0 Å². The van der Waals surface area contributed by atoms with Gasteiger partial charge in [-0.15, -0.1) is 0 Å². The number of hydrogen-bond donors (Lipinski definition) is 0. The molecule has 0 N–H and O–H groups in total. The Hall–Kier alpha value is -0.400. The maximum absolute atomic E-state index is 4.93. The van der Waals surface area contributed by atoms with Crippen molar-refractivity contribution >= 4 is 25.1 Å². The van der Waals surface area contributed by atoms with Crippen molar-refractivity contribution in [3.8, 4) is 0 Å². The van der Waals surface area contributed by atoms with Crippen LogP contribution in [0.25, 0.3) is 0 Å². The van der Waals surface area contributed by atoms with Crippen LogP contribution in [0.1, 0.15) is 0 Å². The van der Waals surface area contributed by atoms with Gasteiger partial charge in [0, 0.05) is 47.3 Å². The number of allylic oxidation sites excluding steroid dienone is 16.